The highest BCUT2D eigenvalue weighted by Gasteiger charge is 2.22. The molecule has 1 aromatic heterocycles. The summed E-state index contributed by atoms with van der Waals surface area (Å²) in [4.78, 5) is 4.49. The third kappa shape index (κ3) is 2.40. The van der Waals surface area contributed by atoms with Crippen molar-refractivity contribution in [3.05, 3.63) is 35.2 Å². The van der Waals surface area contributed by atoms with Crippen LogP contribution in [0.3, 0.4) is 0 Å². The SMILES string of the molecule is CC(C)(C)c1noc(-c2ccc3c(c2)CCOC3)n1. The van der Waals surface area contributed by atoms with Crippen LogP contribution in [0.15, 0.2) is 22.7 Å². The average molecular weight is 258 g/mol. The molecule has 0 spiro atoms. The van der Waals surface area contributed by atoms with E-state index in [2.05, 4.69) is 43.0 Å². The Morgan fingerprint density at radius 1 is 1.16 bits per heavy atom. The van der Waals surface area contributed by atoms with Gasteiger partial charge in [-0.1, -0.05) is 32.0 Å². The highest BCUT2D eigenvalue weighted by molar-refractivity contribution is 5.56. The smallest absolute Gasteiger partial charge is 0.257 e. The van der Waals surface area contributed by atoms with Crippen molar-refractivity contribution in [1.29, 1.82) is 0 Å². The number of aromatic nitrogens is 2. The first-order valence-corrected chi connectivity index (χ1v) is 6.58. The van der Waals surface area contributed by atoms with Crippen molar-refractivity contribution in [3.63, 3.8) is 0 Å². The summed E-state index contributed by atoms with van der Waals surface area (Å²) < 4.78 is 10.8. The monoisotopic (exact) mass is 258 g/mol. The van der Waals surface area contributed by atoms with Gasteiger partial charge in [0.1, 0.15) is 0 Å². The number of hydrogen-bond acceptors (Lipinski definition) is 4. The van der Waals surface area contributed by atoms with Crippen LogP contribution in [0.25, 0.3) is 11.5 Å². The molecule has 100 valence electrons. The molecule has 1 aliphatic heterocycles. The van der Waals surface area contributed by atoms with E-state index in [-0.39, 0.29) is 5.41 Å². The first-order chi connectivity index (χ1) is 9.04. The standard InChI is InChI=1S/C15H18N2O2/c1-15(2,3)14-16-13(19-17-14)11-4-5-12-9-18-7-6-10(12)8-11/h4-5,8H,6-7,9H2,1-3H3. The van der Waals surface area contributed by atoms with Crippen LogP contribution in [0, 0.1) is 0 Å². The Morgan fingerprint density at radius 3 is 2.74 bits per heavy atom. The van der Waals surface area contributed by atoms with Gasteiger partial charge in [-0.3, -0.25) is 0 Å². The fraction of sp³-hybridized carbons (Fsp3) is 0.467. The number of fused-ring (bicyclic) bond motifs is 1. The number of hydrogen-bond donors (Lipinski definition) is 0. The summed E-state index contributed by atoms with van der Waals surface area (Å²) in [5.41, 5.74) is 3.47. The van der Waals surface area contributed by atoms with Crippen LogP contribution in [-0.2, 0) is 23.2 Å². The second-order valence-electron chi connectivity index (χ2n) is 5.96. The Hall–Kier alpha value is -1.68. The van der Waals surface area contributed by atoms with Crippen molar-refractivity contribution in [2.75, 3.05) is 6.61 Å². The van der Waals surface area contributed by atoms with E-state index in [1.165, 1.54) is 11.1 Å². The van der Waals surface area contributed by atoms with Crippen LogP contribution in [0.4, 0.5) is 0 Å². The lowest BCUT2D eigenvalue weighted by molar-refractivity contribution is 0.111. The minimum Gasteiger partial charge on any atom is -0.376 e. The summed E-state index contributed by atoms with van der Waals surface area (Å²) in [7, 11) is 0. The van der Waals surface area contributed by atoms with Gasteiger partial charge in [0.25, 0.3) is 5.89 Å². The van der Waals surface area contributed by atoms with Gasteiger partial charge in [0.15, 0.2) is 5.82 Å². The maximum atomic E-state index is 5.44. The zero-order valence-corrected chi connectivity index (χ0v) is 11.6. The Bertz CT molecular complexity index is 596. The van der Waals surface area contributed by atoms with Crippen LogP contribution in [-0.4, -0.2) is 16.7 Å². The van der Waals surface area contributed by atoms with Crippen molar-refractivity contribution in [2.45, 2.75) is 39.2 Å². The van der Waals surface area contributed by atoms with E-state index in [9.17, 15) is 0 Å². The second kappa shape index (κ2) is 4.46. The van der Waals surface area contributed by atoms with E-state index in [4.69, 9.17) is 9.26 Å². The quantitative estimate of drug-likeness (QED) is 0.788. The van der Waals surface area contributed by atoms with Gasteiger partial charge in [0.05, 0.1) is 13.2 Å². The van der Waals surface area contributed by atoms with Crippen molar-refractivity contribution in [2.24, 2.45) is 0 Å². The van der Waals surface area contributed by atoms with Crippen molar-refractivity contribution >= 4 is 0 Å². The van der Waals surface area contributed by atoms with E-state index >= 15 is 0 Å². The second-order valence-corrected chi connectivity index (χ2v) is 5.96. The molecule has 4 heteroatoms. The zero-order valence-electron chi connectivity index (χ0n) is 11.6. The van der Waals surface area contributed by atoms with Gasteiger partial charge >= 0.3 is 0 Å². The Labute approximate surface area is 112 Å². The third-order valence-electron chi connectivity index (χ3n) is 3.32. The minimum absolute atomic E-state index is 0.0935. The molecule has 0 saturated carbocycles. The van der Waals surface area contributed by atoms with Gasteiger partial charge in [-0.05, 0) is 29.7 Å². The van der Waals surface area contributed by atoms with E-state index in [0.717, 1.165) is 24.4 Å². The predicted octanol–water partition coefficient (Wildman–Crippen LogP) is 3.11. The van der Waals surface area contributed by atoms with E-state index < -0.39 is 0 Å². The molecule has 1 aromatic carbocycles. The molecule has 0 bridgehead atoms. The van der Waals surface area contributed by atoms with Gasteiger partial charge in [0, 0.05) is 11.0 Å². The van der Waals surface area contributed by atoms with Crippen molar-refractivity contribution in [1.82, 2.24) is 10.1 Å². The van der Waals surface area contributed by atoms with Crippen LogP contribution in [0.5, 0.6) is 0 Å². The van der Waals surface area contributed by atoms with E-state index in [0.29, 0.717) is 12.5 Å². The number of ether oxygens (including phenoxy) is 1. The number of rotatable bonds is 1. The molecular weight excluding hydrogens is 240 g/mol. The lowest BCUT2D eigenvalue weighted by atomic mass is 9.96. The van der Waals surface area contributed by atoms with Crippen molar-refractivity contribution in [3.8, 4) is 11.5 Å². The Kier molecular flexibility index (Phi) is 2.90. The lowest BCUT2D eigenvalue weighted by Crippen LogP contribution is -2.13. The normalized spacial score (nSPS) is 15.3. The van der Waals surface area contributed by atoms with Crippen LogP contribution in [0.2, 0.25) is 0 Å². The molecule has 0 saturated heterocycles. The van der Waals surface area contributed by atoms with Gasteiger partial charge < -0.3 is 9.26 Å². The maximum absolute atomic E-state index is 5.44. The van der Waals surface area contributed by atoms with E-state index in [1.807, 2.05) is 6.07 Å². The molecule has 0 unspecified atom stereocenters. The molecule has 1 aliphatic rings. The fourth-order valence-corrected chi connectivity index (χ4v) is 2.14. The molecular formula is C15H18N2O2. The molecule has 0 radical (unpaired) electrons. The Morgan fingerprint density at radius 2 is 2.00 bits per heavy atom. The molecule has 19 heavy (non-hydrogen) atoms. The Balaban J connectivity index is 1.96. The maximum Gasteiger partial charge on any atom is 0.257 e. The summed E-state index contributed by atoms with van der Waals surface area (Å²) in [6, 6.07) is 6.25. The largest absolute Gasteiger partial charge is 0.376 e. The summed E-state index contributed by atoms with van der Waals surface area (Å²) in [6.07, 6.45) is 0.948. The summed E-state index contributed by atoms with van der Waals surface area (Å²) in [6.45, 7) is 7.71. The summed E-state index contributed by atoms with van der Waals surface area (Å²) >= 11 is 0. The summed E-state index contributed by atoms with van der Waals surface area (Å²) in [5.74, 6) is 1.34. The highest BCUT2D eigenvalue weighted by atomic mass is 16.5. The number of nitrogens with zero attached hydrogens (tertiary/aromatic N) is 2. The summed E-state index contributed by atoms with van der Waals surface area (Å²) in [5, 5.41) is 4.07. The van der Waals surface area contributed by atoms with E-state index in [1.54, 1.807) is 0 Å². The first kappa shape index (κ1) is 12.4. The lowest BCUT2D eigenvalue weighted by Gasteiger charge is -2.16. The third-order valence-corrected chi connectivity index (χ3v) is 3.32. The predicted molar refractivity (Wildman–Crippen MR) is 71.8 cm³/mol. The molecule has 0 amide bonds. The molecule has 0 N–H and O–H groups in total. The average Bonchev–Trinajstić information content (AvgIpc) is 2.87. The van der Waals surface area contributed by atoms with Crippen molar-refractivity contribution < 1.29 is 9.26 Å². The van der Waals surface area contributed by atoms with Crippen LogP contribution in [0.1, 0.15) is 37.7 Å². The highest BCUT2D eigenvalue weighted by Crippen LogP contribution is 2.26. The fourth-order valence-electron chi connectivity index (χ4n) is 2.14. The van der Waals surface area contributed by atoms with Gasteiger partial charge in [0.2, 0.25) is 0 Å². The minimum atomic E-state index is -0.0935. The van der Waals surface area contributed by atoms with Crippen LogP contribution < -0.4 is 0 Å². The molecule has 0 fully saturated rings. The van der Waals surface area contributed by atoms with Gasteiger partial charge in [-0.25, -0.2) is 0 Å². The molecule has 3 rings (SSSR count). The molecule has 2 heterocycles. The zero-order chi connectivity index (χ0) is 13.5. The molecule has 4 nitrogen and oxygen atoms in total. The van der Waals surface area contributed by atoms with Gasteiger partial charge in [-0.15, -0.1) is 0 Å². The first-order valence-electron chi connectivity index (χ1n) is 6.58. The molecule has 0 atom stereocenters. The molecule has 2 aromatic rings. The number of benzene rings is 1. The van der Waals surface area contributed by atoms with Crippen LogP contribution >= 0.6 is 0 Å². The molecule has 0 aliphatic carbocycles. The van der Waals surface area contributed by atoms with Gasteiger partial charge in [-0.2, -0.15) is 4.98 Å². The topological polar surface area (TPSA) is 48.2 Å².